The Morgan fingerprint density at radius 1 is 1.33 bits per heavy atom. The molecule has 3 rings (SSSR count). The first-order chi connectivity index (χ1) is 8.72. The van der Waals surface area contributed by atoms with Gasteiger partial charge in [-0.15, -0.1) is 0 Å². The molecule has 0 radical (unpaired) electrons. The first kappa shape index (κ1) is 12.2. The maximum atomic E-state index is 6.32. The molecule has 1 spiro atoms. The molecule has 0 bridgehead atoms. The Morgan fingerprint density at radius 3 is 2.83 bits per heavy atom. The van der Waals surface area contributed by atoms with Crippen LogP contribution >= 0.6 is 15.9 Å². The number of hydrogen-bond donors (Lipinski definition) is 1. The number of halogens is 1. The van der Waals surface area contributed by atoms with Crippen LogP contribution in [0, 0.1) is 0 Å². The van der Waals surface area contributed by atoms with Gasteiger partial charge in [-0.3, -0.25) is 0 Å². The molecule has 1 saturated heterocycles. The van der Waals surface area contributed by atoms with Crippen molar-refractivity contribution in [3.05, 3.63) is 33.8 Å². The van der Waals surface area contributed by atoms with Crippen molar-refractivity contribution in [1.29, 1.82) is 0 Å². The van der Waals surface area contributed by atoms with Gasteiger partial charge in [-0.2, -0.15) is 0 Å². The lowest BCUT2D eigenvalue weighted by Gasteiger charge is -2.38. The molecule has 3 heteroatoms. The van der Waals surface area contributed by atoms with E-state index in [-0.39, 0.29) is 5.60 Å². The van der Waals surface area contributed by atoms with Gasteiger partial charge in [-0.1, -0.05) is 13.0 Å². The number of fused-ring (bicyclic) bond motifs is 1. The summed E-state index contributed by atoms with van der Waals surface area (Å²) in [5.41, 5.74) is 2.45. The van der Waals surface area contributed by atoms with E-state index in [1.165, 1.54) is 11.1 Å². The van der Waals surface area contributed by atoms with Crippen LogP contribution in [0.15, 0.2) is 22.7 Å². The average molecular weight is 308 g/mol. The molecule has 0 unspecified atom stereocenters. The van der Waals surface area contributed by atoms with Gasteiger partial charge in [0, 0.05) is 18.4 Å². The van der Waals surface area contributed by atoms with Gasteiger partial charge >= 0.3 is 0 Å². The Hall–Kier alpha value is -0.800. The topological polar surface area (TPSA) is 21.3 Å². The van der Waals surface area contributed by atoms with Gasteiger partial charge < -0.3 is 10.1 Å². The normalized spacial score (nSPS) is 20.6. The van der Waals surface area contributed by atoms with Gasteiger partial charge in [0.1, 0.15) is 11.4 Å². The van der Waals surface area contributed by atoms with Gasteiger partial charge in [-0.25, -0.2) is 0 Å². The van der Waals surface area contributed by atoms with E-state index in [0.29, 0.717) is 0 Å². The Morgan fingerprint density at radius 2 is 2.11 bits per heavy atom. The zero-order valence-electron chi connectivity index (χ0n) is 10.6. The maximum absolute atomic E-state index is 6.32. The molecule has 2 aliphatic rings. The van der Waals surface area contributed by atoms with E-state index in [1.54, 1.807) is 0 Å². The molecular weight excluding hydrogens is 290 g/mol. The molecule has 1 N–H and O–H groups in total. The second kappa shape index (κ2) is 4.71. The molecule has 1 aromatic rings. The first-order valence-corrected chi connectivity index (χ1v) is 7.43. The van der Waals surface area contributed by atoms with Crippen LogP contribution in [0.2, 0.25) is 0 Å². The Bertz CT molecular complexity index is 490. The molecule has 2 nitrogen and oxygen atoms in total. The van der Waals surface area contributed by atoms with Crippen molar-refractivity contribution in [2.24, 2.45) is 0 Å². The lowest BCUT2D eigenvalue weighted by molar-refractivity contribution is 0.0814. The lowest BCUT2D eigenvalue weighted by Crippen LogP contribution is -2.45. The highest BCUT2D eigenvalue weighted by Gasteiger charge is 2.35. The molecule has 2 heterocycles. The monoisotopic (exact) mass is 307 g/mol. The second-order valence-electron chi connectivity index (χ2n) is 5.10. The SMILES string of the molecule is CCc1cc(Br)c2c(c1)C=CC1(CCNCC1)O2. The summed E-state index contributed by atoms with van der Waals surface area (Å²) in [4.78, 5) is 0. The van der Waals surface area contributed by atoms with Crippen molar-refractivity contribution in [3.8, 4) is 5.75 Å². The van der Waals surface area contributed by atoms with Crippen molar-refractivity contribution < 1.29 is 4.74 Å². The van der Waals surface area contributed by atoms with E-state index in [1.807, 2.05) is 0 Å². The number of piperidine rings is 1. The molecule has 96 valence electrons. The Kier molecular flexibility index (Phi) is 3.20. The fraction of sp³-hybridized carbons (Fsp3) is 0.467. The van der Waals surface area contributed by atoms with E-state index < -0.39 is 0 Å². The van der Waals surface area contributed by atoms with Crippen LogP contribution < -0.4 is 10.1 Å². The van der Waals surface area contributed by atoms with E-state index in [4.69, 9.17) is 4.74 Å². The summed E-state index contributed by atoms with van der Waals surface area (Å²) in [5, 5.41) is 3.39. The zero-order valence-corrected chi connectivity index (χ0v) is 12.2. The molecule has 0 atom stereocenters. The van der Waals surface area contributed by atoms with E-state index in [9.17, 15) is 0 Å². The number of benzene rings is 1. The summed E-state index contributed by atoms with van der Waals surface area (Å²) in [5.74, 6) is 1.01. The van der Waals surface area contributed by atoms with Gasteiger partial charge in [0.15, 0.2) is 0 Å². The standard InChI is InChI=1S/C15H18BrNO/c1-2-11-9-12-3-4-15(5-7-17-8-6-15)18-14(12)13(16)10-11/h3-4,9-10,17H,2,5-8H2,1H3. The zero-order chi connectivity index (χ0) is 12.6. The highest BCUT2D eigenvalue weighted by molar-refractivity contribution is 9.10. The molecule has 1 fully saturated rings. The molecule has 1 aromatic carbocycles. The smallest absolute Gasteiger partial charge is 0.142 e. The minimum atomic E-state index is -0.0888. The van der Waals surface area contributed by atoms with E-state index >= 15 is 0 Å². The predicted molar refractivity (Wildman–Crippen MR) is 78.0 cm³/mol. The Balaban J connectivity index is 1.98. The quantitative estimate of drug-likeness (QED) is 0.857. The summed E-state index contributed by atoms with van der Waals surface area (Å²) >= 11 is 3.65. The number of nitrogens with one attached hydrogen (secondary N) is 1. The molecular formula is C15H18BrNO. The molecule has 0 aliphatic carbocycles. The number of hydrogen-bond acceptors (Lipinski definition) is 2. The van der Waals surface area contributed by atoms with Crippen LogP contribution in [-0.4, -0.2) is 18.7 Å². The number of aryl methyl sites for hydroxylation is 1. The number of rotatable bonds is 1. The van der Waals surface area contributed by atoms with Crippen LogP contribution in [0.3, 0.4) is 0 Å². The minimum Gasteiger partial charge on any atom is -0.481 e. The molecule has 18 heavy (non-hydrogen) atoms. The summed E-state index contributed by atoms with van der Waals surface area (Å²) in [7, 11) is 0. The molecule has 0 aromatic heterocycles. The van der Waals surface area contributed by atoms with E-state index in [2.05, 4.69) is 52.5 Å². The van der Waals surface area contributed by atoms with Crippen LogP contribution in [-0.2, 0) is 6.42 Å². The first-order valence-electron chi connectivity index (χ1n) is 6.64. The fourth-order valence-electron chi connectivity index (χ4n) is 2.71. The summed E-state index contributed by atoms with van der Waals surface area (Å²) in [6, 6.07) is 4.40. The van der Waals surface area contributed by atoms with Gasteiger partial charge in [0.05, 0.1) is 4.47 Å². The fourth-order valence-corrected chi connectivity index (χ4v) is 3.31. The van der Waals surface area contributed by atoms with Crippen molar-refractivity contribution in [2.45, 2.75) is 31.8 Å². The van der Waals surface area contributed by atoms with Crippen LogP contribution in [0.5, 0.6) is 5.75 Å². The van der Waals surface area contributed by atoms with Crippen LogP contribution in [0.25, 0.3) is 6.08 Å². The van der Waals surface area contributed by atoms with Crippen LogP contribution in [0.1, 0.15) is 30.9 Å². The highest BCUT2D eigenvalue weighted by Crippen LogP contribution is 2.41. The van der Waals surface area contributed by atoms with Crippen molar-refractivity contribution >= 4 is 22.0 Å². The third-order valence-electron chi connectivity index (χ3n) is 3.86. The largest absolute Gasteiger partial charge is 0.481 e. The highest BCUT2D eigenvalue weighted by atomic mass is 79.9. The van der Waals surface area contributed by atoms with Gasteiger partial charge in [-0.05, 0) is 59.2 Å². The molecule has 0 saturated carbocycles. The van der Waals surface area contributed by atoms with Crippen molar-refractivity contribution in [1.82, 2.24) is 5.32 Å². The third-order valence-corrected chi connectivity index (χ3v) is 4.45. The average Bonchev–Trinajstić information content (AvgIpc) is 2.40. The lowest BCUT2D eigenvalue weighted by atomic mass is 9.88. The number of ether oxygens (including phenoxy) is 1. The summed E-state index contributed by atoms with van der Waals surface area (Å²) in [6.07, 6.45) is 7.63. The molecule has 0 amide bonds. The third kappa shape index (κ3) is 2.10. The minimum absolute atomic E-state index is 0.0888. The van der Waals surface area contributed by atoms with E-state index in [0.717, 1.165) is 42.6 Å². The second-order valence-corrected chi connectivity index (χ2v) is 5.95. The molecule has 2 aliphatic heterocycles. The summed E-state index contributed by atoms with van der Waals surface area (Å²) in [6.45, 7) is 4.24. The van der Waals surface area contributed by atoms with Crippen molar-refractivity contribution in [3.63, 3.8) is 0 Å². The maximum Gasteiger partial charge on any atom is 0.142 e. The predicted octanol–water partition coefficient (Wildman–Crippen LogP) is 3.54. The summed E-state index contributed by atoms with van der Waals surface area (Å²) < 4.78 is 7.40. The van der Waals surface area contributed by atoms with Crippen molar-refractivity contribution in [2.75, 3.05) is 13.1 Å². The Labute approximate surface area is 117 Å². The van der Waals surface area contributed by atoms with Gasteiger partial charge in [0.25, 0.3) is 0 Å². The van der Waals surface area contributed by atoms with Gasteiger partial charge in [0.2, 0.25) is 0 Å². The van der Waals surface area contributed by atoms with Crippen LogP contribution in [0.4, 0.5) is 0 Å².